The maximum absolute atomic E-state index is 12.9. The van der Waals surface area contributed by atoms with Crippen LogP contribution in [0.2, 0.25) is 0 Å². The van der Waals surface area contributed by atoms with E-state index in [2.05, 4.69) is 73.3 Å². The van der Waals surface area contributed by atoms with Crippen molar-refractivity contribution in [1.29, 1.82) is 0 Å². The van der Waals surface area contributed by atoms with Gasteiger partial charge in [-0.05, 0) is 192 Å². The molecule has 0 amide bonds. The number of carbonyl (C=O) groups excluding carboxylic acids is 4. The third-order valence-electron chi connectivity index (χ3n) is 25.7. The van der Waals surface area contributed by atoms with E-state index in [4.69, 9.17) is 96.2 Å². The molecule has 0 bridgehead atoms. The van der Waals surface area contributed by atoms with E-state index in [1.807, 2.05) is 65.8 Å². The molecule has 0 aliphatic carbocycles. The Hall–Kier alpha value is -7.16. The number of hydrogen-bond acceptors (Lipinski definition) is 24. The molecular weight excluding hydrogens is 1520 g/mol. The molecule has 8 heterocycles. The number of carbonyl (C=O) groups is 4. The molecule has 0 saturated carbocycles. The van der Waals surface area contributed by atoms with Crippen molar-refractivity contribution < 1.29 is 92.5 Å². The first-order valence-corrected chi connectivity index (χ1v) is 43.7. The Bertz CT molecular complexity index is 4380. The van der Waals surface area contributed by atoms with E-state index in [1.54, 1.807) is 54.4 Å². The number of esters is 4. The summed E-state index contributed by atoms with van der Waals surface area (Å²) in [5, 5.41) is 0. The largest absolute Gasteiger partial charge is 0.493 e. The second kappa shape index (κ2) is 43.9. The zero-order valence-electron chi connectivity index (χ0n) is 87.5. The van der Waals surface area contributed by atoms with Gasteiger partial charge >= 0.3 is 23.9 Å². The van der Waals surface area contributed by atoms with Crippen LogP contribution in [-0.2, 0) is 63.8 Å². The fourth-order valence-corrected chi connectivity index (χ4v) is 18.9. The molecule has 8 aliphatic rings. The van der Waals surface area contributed by atoms with Crippen molar-refractivity contribution in [1.82, 2.24) is 19.6 Å². The number of benzene rings is 4. The molecule has 4 fully saturated rings. The number of ether oxygens (including phenoxy) is 12. The Balaban J connectivity index is 0.000000198. The topological polar surface area (TPSA) is 296 Å². The minimum Gasteiger partial charge on any atom is -0.493 e. The Morgan fingerprint density at radius 3 is 0.783 bits per heavy atom. The standard InChI is InChI=1S/4C24H38N2O4/c4*1-14(2)9-17-13-26-8-7-16-10-21(28-5)22(29-6)11-18(16)19(26)12-20(17)30-24(27)23(25)15(3)4/h4*10-11,14-15,17,19-20,23H,7-9,12-13,25H2,1-6H3/t4*17-,19-,20-,23+/m1111/s1/i1D3,9D2,14D;2*5D3;/t14?,17-,19-,20-,23+;3m. The van der Waals surface area contributed by atoms with Gasteiger partial charge in [0.05, 0.1) is 65.0 Å². The molecule has 8 N–H and O–H groups in total. The number of rotatable bonds is 28. The number of piperidine rings is 4. The third kappa shape index (κ3) is 23.8. The van der Waals surface area contributed by atoms with Crippen molar-refractivity contribution in [3.8, 4) is 46.0 Å². The third-order valence-corrected chi connectivity index (χ3v) is 25.7. The zero-order chi connectivity index (χ0) is 98.2. The minimum atomic E-state index is -2.88. The summed E-state index contributed by atoms with van der Waals surface area (Å²) in [7, 11) is 4.38. The van der Waals surface area contributed by atoms with Crippen LogP contribution in [0.5, 0.6) is 46.0 Å². The van der Waals surface area contributed by atoms with Crippen molar-refractivity contribution in [2.75, 3.05) is 109 Å². The number of nitrogens with two attached hydrogens (primary N) is 4. The van der Waals surface area contributed by atoms with Gasteiger partial charge in [0.1, 0.15) is 48.6 Å². The van der Waals surface area contributed by atoms with Gasteiger partial charge in [-0.2, -0.15) is 0 Å². The lowest BCUT2D eigenvalue weighted by Crippen LogP contribution is -2.51. The van der Waals surface area contributed by atoms with Crippen LogP contribution in [0.3, 0.4) is 0 Å². The first kappa shape index (κ1) is 80.0. The summed E-state index contributed by atoms with van der Waals surface area (Å²) in [6, 6.07) is 12.7. The normalized spacial score (nSPS) is 27.3. The smallest absolute Gasteiger partial charge is 0.323 e. The van der Waals surface area contributed by atoms with Gasteiger partial charge in [0, 0.05) is 134 Å². The molecule has 17 atom stereocenters. The van der Waals surface area contributed by atoms with Gasteiger partial charge in [-0.1, -0.05) is 111 Å². The van der Waals surface area contributed by atoms with Crippen LogP contribution in [0.1, 0.15) is 247 Å². The van der Waals surface area contributed by atoms with Crippen molar-refractivity contribution >= 4 is 23.9 Å². The molecule has 0 radical (unpaired) electrons. The molecule has 4 saturated heterocycles. The Kier molecular flexibility index (Phi) is 29.3. The molecule has 0 spiro atoms. The number of hydrogen-bond donors (Lipinski definition) is 4. The van der Waals surface area contributed by atoms with Gasteiger partial charge in [0.25, 0.3) is 0 Å². The molecule has 120 heavy (non-hydrogen) atoms. The first-order valence-electron chi connectivity index (χ1n) is 49.7. The molecule has 1 unspecified atom stereocenters. The summed E-state index contributed by atoms with van der Waals surface area (Å²) in [5.41, 5.74) is 33.1. The maximum Gasteiger partial charge on any atom is 0.323 e. The van der Waals surface area contributed by atoms with Gasteiger partial charge in [-0.15, -0.1) is 0 Å². The van der Waals surface area contributed by atoms with E-state index >= 15 is 0 Å². The molecule has 0 aromatic heterocycles. The van der Waals surface area contributed by atoms with Crippen LogP contribution in [0.4, 0.5) is 0 Å². The zero-order valence-corrected chi connectivity index (χ0v) is 75.5. The summed E-state index contributed by atoms with van der Waals surface area (Å²) in [6.45, 7) is 32.7. The highest BCUT2D eigenvalue weighted by Crippen LogP contribution is 2.50. The van der Waals surface area contributed by atoms with E-state index in [-0.39, 0.29) is 120 Å². The summed E-state index contributed by atoms with van der Waals surface area (Å²) >= 11 is 0. The highest BCUT2D eigenvalue weighted by molar-refractivity contribution is 5.77. The lowest BCUT2D eigenvalue weighted by Gasteiger charge is -2.47. The molecule has 24 nitrogen and oxygen atoms in total. The van der Waals surface area contributed by atoms with Gasteiger partial charge in [0.15, 0.2) is 46.0 Å². The predicted molar refractivity (Wildman–Crippen MR) is 471 cm³/mol. The average Bonchev–Trinajstić information content (AvgIpc) is 0.743. The molecule has 672 valence electrons. The summed E-state index contributed by atoms with van der Waals surface area (Å²) < 4.78 is 162. The molecular formula is C96H152N8O16. The van der Waals surface area contributed by atoms with Gasteiger partial charge in [-0.3, -0.25) is 38.8 Å². The Morgan fingerprint density at radius 1 is 0.358 bits per heavy atom. The second-order valence-corrected chi connectivity index (χ2v) is 36.9. The van der Waals surface area contributed by atoms with Crippen LogP contribution in [-0.4, -0.2) is 201 Å². The number of methoxy groups -OCH3 is 8. The van der Waals surface area contributed by atoms with Crippen molar-refractivity contribution in [3.63, 3.8) is 0 Å². The Morgan fingerprint density at radius 2 is 0.575 bits per heavy atom. The van der Waals surface area contributed by atoms with E-state index in [0.29, 0.717) is 72.5 Å². The minimum absolute atomic E-state index is 0.0115. The van der Waals surface area contributed by atoms with Gasteiger partial charge < -0.3 is 79.8 Å². The summed E-state index contributed by atoms with van der Waals surface area (Å²) in [6.07, 6.45) is 4.59. The van der Waals surface area contributed by atoms with Crippen LogP contribution >= 0.6 is 0 Å². The van der Waals surface area contributed by atoms with Crippen LogP contribution in [0.25, 0.3) is 0 Å². The fourth-order valence-electron chi connectivity index (χ4n) is 18.9. The van der Waals surface area contributed by atoms with Crippen LogP contribution in [0.15, 0.2) is 48.5 Å². The molecule has 4 aromatic carbocycles. The highest BCUT2D eigenvalue weighted by Gasteiger charge is 2.47. The highest BCUT2D eigenvalue weighted by atomic mass is 16.6. The monoisotopic (exact) mass is 1690 g/mol. The lowest BCUT2D eigenvalue weighted by atomic mass is 9.79. The molecule has 4 aromatic rings. The molecule has 24 heteroatoms. The summed E-state index contributed by atoms with van der Waals surface area (Å²) in [5.74, 6) is 1.08. The quantitative estimate of drug-likeness (QED) is 0.0303. The second-order valence-electron chi connectivity index (χ2n) is 36.9. The van der Waals surface area contributed by atoms with Crippen molar-refractivity contribution in [3.05, 3.63) is 93.0 Å². The van der Waals surface area contributed by atoms with E-state index in [1.165, 1.54) is 25.3 Å². The average molecular weight is 1690 g/mol. The van der Waals surface area contributed by atoms with Crippen molar-refractivity contribution in [2.45, 2.75) is 260 Å². The number of fused-ring (bicyclic) bond motifs is 12. The Labute approximate surface area is 735 Å². The summed E-state index contributed by atoms with van der Waals surface area (Å²) in [4.78, 5) is 60.5. The maximum atomic E-state index is 12.9. The SMILES string of the molecule is COc1cc2c(cc1OC)[C@H]1C[C@@H](OC(=O)[C@@H](N)C(C)C)[C@H](CC(C)C)CN1CC2.[2H]C([2H])([2H])C([2H])(C)C([2H])([2H])[C@@H]1CN2CCc3cc(OC)c(OC)cc3[C@H]2C[C@H]1OC(=O)[C@@H](N)C(C)C.[2H]C([2H])([2H])Oc1cc2c(cc1OC)[C@H]1C[C@@H](OC(=O)[C@@H](N)C(C)C)[C@H](CC(C)C)CN1CC2.[2H]C([2H])([2H])Oc1cc2c(cc1OC)[C@H]1C[C@@H](OC(=O)[C@@H](N)C(C)C)[C@H](CC(C)C)CN1CC2. The lowest BCUT2D eigenvalue weighted by molar-refractivity contribution is -0.161. The first-order chi connectivity index (χ1) is 61.6. The predicted octanol–water partition coefficient (Wildman–Crippen LogP) is 14.3. The van der Waals surface area contributed by atoms with E-state index in [0.717, 1.165) is 136 Å². The van der Waals surface area contributed by atoms with Crippen LogP contribution in [0, 0.1) is 71.0 Å². The number of nitrogens with zero attached hydrogens (tertiary/aromatic N) is 4. The molecule has 8 aliphatic heterocycles. The van der Waals surface area contributed by atoms with Gasteiger partial charge in [0.2, 0.25) is 0 Å². The van der Waals surface area contributed by atoms with E-state index in [9.17, 15) is 19.2 Å². The fraction of sp³-hybridized carbons (Fsp3) is 0.708. The molecule has 12 rings (SSSR count). The van der Waals surface area contributed by atoms with Gasteiger partial charge in [-0.25, -0.2) is 0 Å². The van der Waals surface area contributed by atoms with Crippen LogP contribution < -0.4 is 60.8 Å². The van der Waals surface area contributed by atoms with Crippen molar-refractivity contribution in [2.24, 2.45) is 93.9 Å². The van der Waals surface area contributed by atoms with E-state index < -0.39 is 75.4 Å².